The zero-order chi connectivity index (χ0) is 14.8. The number of pyridine rings is 1. The van der Waals surface area contributed by atoms with Gasteiger partial charge in [0.25, 0.3) is 0 Å². The SMILES string of the molecule is CCc1ccc2nccc(Nc3cc(F)cc(F)c3)c2c1. The Hall–Kier alpha value is -2.49. The molecule has 0 bridgehead atoms. The Balaban J connectivity index is 2.07. The van der Waals surface area contributed by atoms with Crippen LogP contribution in [0.3, 0.4) is 0 Å². The van der Waals surface area contributed by atoms with Gasteiger partial charge in [-0.2, -0.15) is 0 Å². The molecule has 0 saturated carbocycles. The summed E-state index contributed by atoms with van der Waals surface area (Å²) in [6.45, 7) is 2.08. The van der Waals surface area contributed by atoms with Gasteiger partial charge in [0.15, 0.2) is 0 Å². The Morgan fingerprint density at radius 2 is 1.76 bits per heavy atom. The minimum absolute atomic E-state index is 0.377. The van der Waals surface area contributed by atoms with Crippen LogP contribution in [0.4, 0.5) is 20.2 Å². The summed E-state index contributed by atoms with van der Waals surface area (Å²) in [4.78, 5) is 4.31. The number of benzene rings is 2. The largest absolute Gasteiger partial charge is 0.355 e. The van der Waals surface area contributed by atoms with Gasteiger partial charge in [0.2, 0.25) is 0 Å². The molecule has 0 spiro atoms. The molecule has 3 rings (SSSR count). The third kappa shape index (κ3) is 2.84. The van der Waals surface area contributed by atoms with Crippen molar-refractivity contribution in [3.8, 4) is 0 Å². The summed E-state index contributed by atoms with van der Waals surface area (Å²) in [5, 5.41) is 3.99. The number of halogens is 2. The highest BCUT2D eigenvalue weighted by atomic mass is 19.1. The Morgan fingerprint density at radius 3 is 2.48 bits per heavy atom. The molecule has 0 radical (unpaired) electrons. The first-order chi connectivity index (χ1) is 10.2. The third-order valence-electron chi connectivity index (χ3n) is 3.36. The van der Waals surface area contributed by atoms with Crippen LogP contribution in [-0.2, 0) is 6.42 Å². The molecular formula is C17H14F2N2. The molecule has 21 heavy (non-hydrogen) atoms. The van der Waals surface area contributed by atoms with Crippen LogP contribution in [0.1, 0.15) is 12.5 Å². The Labute approximate surface area is 121 Å². The zero-order valence-electron chi connectivity index (χ0n) is 11.5. The number of rotatable bonds is 3. The molecular weight excluding hydrogens is 270 g/mol. The van der Waals surface area contributed by atoms with E-state index in [1.807, 2.05) is 18.2 Å². The van der Waals surface area contributed by atoms with Crippen molar-refractivity contribution >= 4 is 22.3 Å². The first-order valence-electron chi connectivity index (χ1n) is 6.76. The fourth-order valence-corrected chi connectivity index (χ4v) is 2.30. The lowest BCUT2D eigenvalue weighted by Gasteiger charge is -2.10. The average molecular weight is 284 g/mol. The van der Waals surface area contributed by atoms with E-state index in [0.29, 0.717) is 5.69 Å². The average Bonchev–Trinajstić information content (AvgIpc) is 2.46. The Morgan fingerprint density at radius 1 is 1.00 bits per heavy atom. The smallest absolute Gasteiger partial charge is 0.128 e. The number of hydrogen-bond donors (Lipinski definition) is 1. The molecule has 0 saturated heterocycles. The molecule has 4 heteroatoms. The Bertz CT molecular complexity index is 780. The Kier molecular flexibility index (Phi) is 3.52. The maximum atomic E-state index is 13.3. The van der Waals surface area contributed by atoms with E-state index >= 15 is 0 Å². The topological polar surface area (TPSA) is 24.9 Å². The second-order valence-corrected chi connectivity index (χ2v) is 4.85. The molecule has 1 aromatic heterocycles. The van der Waals surface area contributed by atoms with Crippen molar-refractivity contribution in [2.24, 2.45) is 0 Å². The number of aryl methyl sites for hydroxylation is 1. The summed E-state index contributed by atoms with van der Waals surface area (Å²) in [6, 6.07) is 11.2. The zero-order valence-corrected chi connectivity index (χ0v) is 11.5. The summed E-state index contributed by atoms with van der Waals surface area (Å²) < 4.78 is 26.5. The number of hydrogen-bond acceptors (Lipinski definition) is 2. The number of anilines is 2. The van der Waals surface area contributed by atoms with E-state index < -0.39 is 11.6 Å². The van der Waals surface area contributed by atoms with Crippen LogP contribution in [-0.4, -0.2) is 4.98 Å². The molecule has 0 aliphatic heterocycles. The van der Waals surface area contributed by atoms with Gasteiger partial charge in [-0.3, -0.25) is 4.98 Å². The van der Waals surface area contributed by atoms with E-state index in [4.69, 9.17) is 0 Å². The van der Waals surface area contributed by atoms with E-state index in [0.717, 1.165) is 29.1 Å². The number of aromatic nitrogens is 1. The molecule has 0 unspecified atom stereocenters. The van der Waals surface area contributed by atoms with Gasteiger partial charge in [0, 0.05) is 29.0 Å². The second kappa shape index (κ2) is 5.48. The molecule has 0 atom stereocenters. The molecule has 2 aromatic carbocycles. The molecule has 1 heterocycles. The van der Waals surface area contributed by atoms with Crippen molar-refractivity contribution < 1.29 is 8.78 Å². The summed E-state index contributed by atoms with van der Waals surface area (Å²) in [5.41, 5.74) is 3.18. The standard InChI is InChI=1S/C17H14F2N2/c1-2-11-3-4-16-15(7-11)17(5-6-20-16)21-14-9-12(18)8-13(19)10-14/h3-10H,2H2,1H3,(H,20,21). The van der Waals surface area contributed by atoms with Crippen molar-refractivity contribution in [1.82, 2.24) is 4.98 Å². The molecule has 0 aliphatic rings. The summed E-state index contributed by atoms with van der Waals surface area (Å²) in [6.07, 6.45) is 2.59. The lowest BCUT2D eigenvalue weighted by Crippen LogP contribution is -1.95. The van der Waals surface area contributed by atoms with Crippen LogP contribution >= 0.6 is 0 Å². The van der Waals surface area contributed by atoms with Crippen molar-refractivity contribution in [3.05, 3.63) is 65.9 Å². The molecule has 0 amide bonds. The fraction of sp³-hybridized carbons (Fsp3) is 0.118. The lowest BCUT2D eigenvalue weighted by molar-refractivity contribution is 0.584. The molecule has 0 aliphatic carbocycles. The first-order valence-corrected chi connectivity index (χ1v) is 6.76. The maximum Gasteiger partial charge on any atom is 0.128 e. The van der Waals surface area contributed by atoms with Gasteiger partial charge in [-0.15, -0.1) is 0 Å². The molecule has 0 fully saturated rings. The number of fused-ring (bicyclic) bond motifs is 1. The van der Waals surface area contributed by atoms with Gasteiger partial charge >= 0.3 is 0 Å². The van der Waals surface area contributed by atoms with Crippen LogP contribution in [0.25, 0.3) is 10.9 Å². The van der Waals surface area contributed by atoms with Crippen molar-refractivity contribution in [2.75, 3.05) is 5.32 Å². The quantitative estimate of drug-likeness (QED) is 0.746. The third-order valence-corrected chi connectivity index (χ3v) is 3.36. The van der Waals surface area contributed by atoms with Gasteiger partial charge in [0.1, 0.15) is 11.6 Å². The van der Waals surface area contributed by atoms with E-state index in [1.54, 1.807) is 12.3 Å². The highest BCUT2D eigenvalue weighted by Gasteiger charge is 2.05. The minimum atomic E-state index is -0.606. The lowest BCUT2D eigenvalue weighted by atomic mass is 10.1. The highest BCUT2D eigenvalue weighted by Crippen LogP contribution is 2.27. The van der Waals surface area contributed by atoms with Crippen LogP contribution in [0.2, 0.25) is 0 Å². The number of nitrogens with one attached hydrogen (secondary N) is 1. The summed E-state index contributed by atoms with van der Waals surface area (Å²) in [7, 11) is 0. The molecule has 106 valence electrons. The summed E-state index contributed by atoms with van der Waals surface area (Å²) in [5.74, 6) is -1.21. The van der Waals surface area contributed by atoms with E-state index in [2.05, 4.69) is 17.2 Å². The van der Waals surface area contributed by atoms with Crippen molar-refractivity contribution in [3.63, 3.8) is 0 Å². The normalized spacial score (nSPS) is 10.8. The van der Waals surface area contributed by atoms with Gasteiger partial charge in [0.05, 0.1) is 5.52 Å². The monoisotopic (exact) mass is 284 g/mol. The first kappa shape index (κ1) is 13.5. The summed E-state index contributed by atoms with van der Waals surface area (Å²) >= 11 is 0. The van der Waals surface area contributed by atoms with Crippen LogP contribution in [0.15, 0.2) is 48.7 Å². The predicted octanol–water partition coefficient (Wildman–Crippen LogP) is 4.82. The fourth-order valence-electron chi connectivity index (χ4n) is 2.30. The van der Waals surface area contributed by atoms with Crippen LogP contribution in [0.5, 0.6) is 0 Å². The minimum Gasteiger partial charge on any atom is -0.355 e. The number of nitrogens with zero attached hydrogens (tertiary/aromatic N) is 1. The highest BCUT2D eigenvalue weighted by molar-refractivity contribution is 5.93. The van der Waals surface area contributed by atoms with Gasteiger partial charge in [-0.25, -0.2) is 8.78 Å². The van der Waals surface area contributed by atoms with Crippen molar-refractivity contribution in [2.45, 2.75) is 13.3 Å². The van der Waals surface area contributed by atoms with Gasteiger partial charge in [-0.1, -0.05) is 13.0 Å². The molecule has 3 aromatic rings. The molecule has 2 nitrogen and oxygen atoms in total. The van der Waals surface area contributed by atoms with E-state index in [-0.39, 0.29) is 0 Å². The van der Waals surface area contributed by atoms with Crippen LogP contribution < -0.4 is 5.32 Å². The van der Waals surface area contributed by atoms with Gasteiger partial charge in [-0.05, 0) is 42.3 Å². The predicted molar refractivity (Wildman–Crippen MR) is 80.8 cm³/mol. The van der Waals surface area contributed by atoms with Crippen molar-refractivity contribution in [1.29, 1.82) is 0 Å². The van der Waals surface area contributed by atoms with E-state index in [1.165, 1.54) is 17.7 Å². The van der Waals surface area contributed by atoms with Gasteiger partial charge < -0.3 is 5.32 Å². The maximum absolute atomic E-state index is 13.3. The van der Waals surface area contributed by atoms with E-state index in [9.17, 15) is 8.78 Å². The molecule has 1 N–H and O–H groups in total. The second-order valence-electron chi connectivity index (χ2n) is 4.85. The van der Waals surface area contributed by atoms with Crippen LogP contribution in [0, 0.1) is 11.6 Å².